The van der Waals surface area contributed by atoms with Crippen molar-refractivity contribution in [3.05, 3.63) is 0 Å². The maximum Gasteiger partial charge on any atom is 0.325 e. The molecule has 1 heterocycles. The third-order valence-corrected chi connectivity index (χ3v) is 4.83. The maximum atomic E-state index is 10.9. The van der Waals surface area contributed by atoms with Gasteiger partial charge in [0.05, 0.1) is 6.16 Å². The van der Waals surface area contributed by atoms with E-state index in [0.717, 1.165) is 19.3 Å². The van der Waals surface area contributed by atoms with E-state index in [0.29, 0.717) is 6.42 Å². The number of carbonyl (C=O) groups is 1. The molecule has 0 spiro atoms. The lowest BCUT2D eigenvalue weighted by molar-refractivity contribution is -0.139. The molecule has 17 heavy (non-hydrogen) atoms. The number of hydrogen-bond acceptors (Lipinski definition) is 3. The summed E-state index contributed by atoms with van der Waals surface area (Å²) < 4.78 is 10.9. The molecule has 2 fully saturated rings. The molecule has 1 unspecified atom stereocenters. The van der Waals surface area contributed by atoms with Crippen LogP contribution >= 0.6 is 7.60 Å². The predicted molar refractivity (Wildman–Crippen MR) is 60.7 cm³/mol. The summed E-state index contributed by atoms with van der Waals surface area (Å²) in [4.78, 5) is 28.8. The van der Waals surface area contributed by atoms with Crippen molar-refractivity contribution < 1.29 is 24.3 Å². The summed E-state index contributed by atoms with van der Waals surface area (Å²) >= 11 is 0. The Morgan fingerprint density at radius 2 is 2.00 bits per heavy atom. The summed E-state index contributed by atoms with van der Waals surface area (Å²) in [5.74, 6) is -0.543. The van der Waals surface area contributed by atoms with Gasteiger partial charge in [-0.15, -0.1) is 0 Å². The molecule has 98 valence electrons. The number of nitrogens with one attached hydrogen (secondary N) is 1. The quantitative estimate of drug-likeness (QED) is 0.549. The molecular weight excluding hydrogens is 245 g/mol. The van der Waals surface area contributed by atoms with Crippen LogP contribution in [0.4, 0.5) is 0 Å². The van der Waals surface area contributed by atoms with Crippen molar-refractivity contribution in [2.75, 3.05) is 6.16 Å². The first kappa shape index (κ1) is 13.0. The highest BCUT2D eigenvalue weighted by molar-refractivity contribution is 7.51. The van der Waals surface area contributed by atoms with E-state index in [1.807, 2.05) is 0 Å². The molecule has 0 radical (unpaired) electrons. The first-order valence-corrected chi connectivity index (χ1v) is 7.68. The minimum atomic E-state index is -3.94. The van der Waals surface area contributed by atoms with Crippen LogP contribution in [-0.2, 0) is 9.36 Å². The van der Waals surface area contributed by atoms with Crippen LogP contribution in [0, 0.1) is 11.8 Å². The van der Waals surface area contributed by atoms with Crippen LogP contribution < -0.4 is 5.32 Å². The van der Waals surface area contributed by atoms with Crippen molar-refractivity contribution in [2.45, 2.75) is 37.8 Å². The fourth-order valence-electron chi connectivity index (χ4n) is 3.14. The second-order valence-electron chi connectivity index (χ2n) is 5.19. The van der Waals surface area contributed by atoms with Gasteiger partial charge in [-0.2, -0.15) is 0 Å². The summed E-state index contributed by atoms with van der Waals surface area (Å²) in [6, 6.07) is -0.275. The molecule has 0 aromatic heterocycles. The van der Waals surface area contributed by atoms with E-state index in [1.165, 1.54) is 0 Å². The van der Waals surface area contributed by atoms with Crippen molar-refractivity contribution in [3.8, 4) is 0 Å². The molecular formula is C10H18NO5P. The van der Waals surface area contributed by atoms with E-state index >= 15 is 0 Å². The molecule has 1 saturated carbocycles. The number of hydrogen-bond donors (Lipinski definition) is 4. The van der Waals surface area contributed by atoms with E-state index in [4.69, 9.17) is 14.9 Å². The van der Waals surface area contributed by atoms with E-state index in [9.17, 15) is 9.36 Å². The molecule has 0 aromatic carbocycles. The second kappa shape index (κ2) is 4.69. The van der Waals surface area contributed by atoms with E-state index in [1.54, 1.807) is 0 Å². The molecule has 1 aliphatic carbocycles. The summed E-state index contributed by atoms with van der Waals surface area (Å²) in [5, 5.41) is 12.0. The Hall–Kier alpha value is -0.420. The Kier molecular flexibility index (Phi) is 3.59. The molecule has 2 aliphatic rings. The molecule has 0 aromatic rings. The molecule has 4 N–H and O–H groups in total. The van der Waals surface area contributed by atoms with Gasteiger partial charge in [-0.1, -0.05) is 0 Å². The van der Waals surface area contributed by atoms with Gasteiger partial charge in [0.15, 0.2) is 0 Å². The lowest BCUT2D eigenvalue weighted by atomic mass is 9.79. The third-order valence-electron chi connectivity index (χ3n) is 3.84. The molecule has 1 saturated heterocycles. The molecule has 0 bridgehead atoms. The Morgan fingerprint density at radius 3 is 2.59 bits per heavy atom. The standard InChI is InChI=1S/C10H18NO5P/c12-10(13)9-4-7-3-6(5-17(14,15)16)1-2-8(7)11-9/h6-9,11H,1-5H2,(H,12,13)(H2,14,15,16)/t6?,7-,8-,9+/m1/s1. The molecule has 0 amide bonds. The van der Waals surface area contributed by atoms with Crippen LogP contribution in [0.1, 0.15) is 25.7 Å². The first-order valence-electron chi connectivity index (χ1n) is 5.88. The number of aliphatic carboxylic acids is 1. The highest BCUT2D eigenvalue weighted by Gasteiger charge is 2.41. The normalized spacial score (nSPS) is 37.8. The van der Waals surface area contributed by atoms with Crippen LogP contribution in [0.3, 0.4) is 0 Å². The maximum absolute atomic E-state index is 10.9. The number of carboxylic acid groups (broad SMARTS) is 1. The lowest BCUT2D eigenvalue weighted by Crippen LogP contribution is -2.38. The molecule has 7 heteroatoms. The Balaban J connectivity index is 1.92. The number of fused-ring (bicyclic) bond motifs is 1. The van der Waals surface area contributed by atoms with Crippen LogP contribution in [0.25, 0.3) is 0 Å². The molecule has 6 nitrogen and oxygen atoms in total. The van der Waals surface area contributed by atoms with Gasteiger partial charge in [-0.25, -0.2) is 0 Å². The monoisotopic (exact) mass is 263 g/mol. The van der Waals surface area contributed by atoms with Crippen molar-refractivity contribution in [1.29, 1.82) is 0 Å². The summed E-state index contributed by atoms with van der Waals surface area (Å²) in [6.07, 6.45) is 2.84. The fraction of sp³-hybridized carbons (Fsp3) is 0.900. The summed E-state index contributed by atoms with van der Waals surface area (Å²) in [5.41, 5.74) is 0. The molecule has 4 atom stereocenters. The van der Waals surface area contributed by atoms with Gasteiger partial charge in [-0.05, 0) is 37.5 Å². The van der Waals surface area contributed by atoms with Crippen LogP contribution in [0.5, 0.6) is 0 Å². The van der Waals surface area contributed by atoms with Gasteiger partial charge >= 0.3 is 13.6 Å². The topological polar surface area (TPSA) is 107 Å². The van der Waals surface area contributed by atoms with Gasteiger partial charge in [0.25, 0.3) is 0 Å². The van der Waals surface area contributed by atoms with Crippen molar-refractivity contribution >= 4 is 13.6 Å². The Bertz CT molecular complexity index is 355. The molecule has 2 rings (SSSR count). The van der Waals surface area contributed by atoms with Crippen LogP contribution in [0.2, 0.25) is 0 Å². The highest BCUT2D eigenvalue weighted by atomic mass is 31.2. The van der Waals surface area contributed by atoms with Gasteiger partial charge in [0, 0.05) is 6.04 Å². The first-order chi connectivity index (χ1) is 7.85. The highest BCUT2D eigenvalue weighted by Crippen LogP contribution is 2.44. The number of carboxylic acids is 1. The summed E-state index contributed by atoms with van der Waals surface area (Å²) in [6.45, 7) is 0. The van der Waals surface area contributed by atoms with Crippen molar-refractivity contribution in [2.24, 2.45) is 11.8 Å². The predicted octanol–water partition coefficient (Wildman–Crippen LogP) is 0.395. The van der Waals surface area contributed by atoms with E-state index < -0.39 is 19.6 Å². The van der Waals surface area contributed by atoms with E-state index in [2.05, 4.69) is 5.32 Å². The van der Waals surface area contributed by atoms with Gasteiger partial charge in [-0.3, -0.25) is 9.36 Å². The average molecular weight is 263 g/mol. The van der Waals surface area contributed by atoms with Gasteiger partial charge in [0.1, 0.15) is 6.04 Å². The molecule has 1 aliphatic heterocycles. The van der Waals surface area contributed by atoms with Gasteiger partial charge < -0.3 is 20.2 Å². The zero-order valence-corrected chi connectivity index (χ0v) is 10.3. The zero-order chi connectivity index (χ0) is 12.6. The third kappa shape index (κ3) is 3.28. The Labute approximate surface area is 99.6 Å². The van der Waals surface area contributed by atoms with Crippen molar-refractivity contribution in [1.82, 2.24) is 5.32 Å². The fourth-order valence-corrected chi connectivity index (χ4v) is 4.15. The zero-order valence-electron chi connectivity index (χ0n) is 9.45. The number of rotatable bonds is 3. The van der Waals surface area contributed by atoms with Crippen LogP contribution in [-0.4, -0.2) is 39.1 Å². The lowest BCUT2D eigenvalue weighted by Gasteiger charge is -2.31. The average Bonchev–Trinajstić information content (AvgIpc) is 2.57. The van der Waals surface area contributed by atoms with Gasteiger partial charge in [0.2, 0.25) is 0 Å². The second-order valence-corrected chi connectivity index (χ2v) is 6.88. The Morgan fingerprint density at radius 1 is 1.29 bits per heavy atom. The SMILES string of the molecule is O=C(O)[C@@H]1C[C@H]2CC(CP(=O)(O)O)CC[C@H]2N1. The van der Waals surface area contributed by atoms with Crippen molar-refractivity contribution in [3.63, 3.8) is 0 Å². The summed E-state index contributed by atoms with van der Waals surface area (Å²) in [7, 11) is -3.94. The largest absolute Gasteiger partial charge is 0.480 e. The minimum absolute atomic E-state index is 0.0337. The van der Waals surface area contributed by atoms with E-state index in [-0.39, 0.29) is 24.0 Å². The smallest absolute Gasteiger partial charge is 0.325 e. The van der Waals surface area contributed by atoms with Crippen LogP contribution in [0.15, 0.2) is 0 Å². The minimum Gasteiger partial charge on any atom is -0.480 e.